The molecule has 0 saturated carbocycles. The molecule has 2 heterocycles. The molecule has 4 aromatic rings. The van der Waals surface area contributed by atoms with E-state index in [-0.39, 0.29) is 29.3 Å². The van der Waals surface area contributed by atoms with Crippen LogP contribution < -0.4 is 16.7 Å². The maximum atomic E-state index is 13.0. The lowest BCUT2D eigenvalue weighted by molar-refractivity contribution is -0.137. The number of aliphatic hydroxyl groups excluding tert-OH is 1. The summed E-state index contributed by atoms with van der Waals surface area (Å²) in [6.45, 7) is -0.648. The summed E-state index contributed by atoms with van der Waals surface area (Å²) in [5.41, 5.74) is -0.408. The number of aliphatic hydroxyl groups is 1. The first-order valence-corrected chi connectivity index (χ1v) is 10.7. The Kier molecular flexibility index (Phi) is 6.23. The molecule has 2 aromatic carbocycles. The average Bonchev–Trinajstić information content (AvgIpc) is 3.19. The predicted molar refractivity (Wildman–Crippen MR) is 118 cm³/mol. The minimum Gasteiger partial charge on any atom is -0.395 e. The normalized spacial score (nSPS) is 11.8. The third-order valence-electron chi connectivity index (χ3n) is 4.61. The number of hydrogen-bond donors (Lipinski definition) is 2. The van der Waals surface area contributed by atoms with Crippen LogP contribution in [0.2, 0.25) is 5.02 Å². The molecule has 0 aliphatic rings. The van der Waals surface area contributed by atoms with E-state index in [0.29, 0.717) is 27.6 Å². The van der Waals surface area contributed by atoms with Crippen LogP contribution in [0.4, 0.5) is 24.8 Å². The Balaban J connectivity index is 1.76. The number of nitrogens with one attached hydrogen (secondary N) is 1. The first-order chi connectivity index (χ1) is 15.7. The summed E-state index contributed by atoms with van der Waals surface area (Å²) in [6.07, 6.45) is -4.56. The van der Waals surface area contributed by atoms with Crippen molar-refractivity contribution in [3.8, 4) is 0 Å². The number of benzene rings is 2. The van der Waals surface area contributed by atoms with Crippen molar-refractivity contribution in [3.63, 3.8) is 0 Å². The van der Waals surface area contributed by atoms with Crippen LogP contribution in [0.5, 0.6) is 0 Å². The molecule has 33 heavy (non-hydrogen) atoms. The van der Waals surface area contributed by atoms with Crippen molar-refractivity contribution in [2.75, 3.05) is 11.9 Å². The molecule has 0 aliphatic carbocycles. The lowest BCUT2D eigenvalue weighted by Gasteiger charge is -2.15. The Morgan fingerprint density at radius 2 is 1.79 bits per heavy atom. The fourth-order valence-corrected chi connectivity index (χ4v) is 4.08. The van der Waals surface area contributed by atoms with E-state index in [1.807, 2.05) is 0 Å². The van der Waals surface area contributed by atoms with Gasteiger partial charge in [0.15, 0.2) is 5.01 Å². The Hall–Kier alpha value is -3.22. The molecular formula is C20H15ClF3N5O3S. The number of anilines is 2. The fraction of sp³-hybridized carbons (Fsp3) is 0.200. The zero-order valence-electron chi connectivity index (χ0n) is 16.6. The van der Waals surface area contributed by atoms with E-state index < -0.39 is 29.2 Å². The van der Waals surface area contributed by atoms with Crippen molar-refractivity contribution in [3.05, 3.63) is 79.0 Å². The summed E-state index contributed by atoms with van der Waals surface area (Å²) in [6, 6.07) is 11.0. The number of halogens is 4. The summed E-state index contributed by atoms with van der Waals surface area (Å²) >= 11 is 6.39. The Morgan fingerprint density at radius 3 is 2.45 bits per heavy atom. The van der Waals surface area contributed by atoms with Gasteiger partial charge in [-0.15, -0.1) is 11.3 Å². The second-order valence-electron chi connectivity index (χ2n) is 6.91. The van der Waals surface area contributed by atoms with Gasteiger partial charge < -0.3 is 10.4 Å². The topological polar surface area (TPSA) is 102 Å². The minimum atomic E-state index is -4.56. The first kappa shape index (κ1) is 23.0. The molecule has 2 N–H and O–H groups in total. The van der Waals surface area contributed by atoms with Gasteiger partial charge in [0.1, 0.15) is 0 Å². The van der Waals surface area contributed by atoms with E-state index in [4.69, 9.17) is 11.6 Å². The first-order valence-electron chi connectivity index (χ1n) is 9.47. The number of rotatable bonds is 6. The third-order valence-corrected chi connectivity index (χ3v) is 5.93. The monoisotopic (exact) mass is 497 g/mol. The zero-order valence-corrected chi connectivity index (χ0v) is 18.2. The number of fused-ring (bicyclic) bond motifs is 1. The largest absolute Gasteiger partial charge is 0.443 e. The van der Waals surface area contributed by atoms with Gasteiger partial charge >= 0.3 is 17.6 Å². The van der Waals surface area contributed by atoms with Crippen LogP contribution in [0.25, 0.3) is 10.2 Å². The van der Waals surface area contributed by atoms with Crippen molar-refractivity contribution >= 4 is 44.8 Å². The van der Waals surface area contributed by atoms with Crippen LogP contribution in [0.1, 0.15) is 10.6 Å². The Labute approximate surface area is 192 Å². The Bertz CT molecular complexity index is 1430. The third kappa shape index (κ3) is 4.92. The van der Waals surface area contributed by atoms with Crippen LogP contribution >= 0.6 is 22.9 Å². The average molecular weight is 498 g/mol. The number of alkyl halides is 3. The van der Waals surface area contributed by atoms with Gasteiger partial charge in [0.2, 0.25) is 5.95 Å². The summed E-state index contributed by atoms with van der Waals surface area (Å²) in [5.74, 6) is -0.103. The standard InChI is InChI=1S/C20H15ClF3N5O3S/c21-12-3-1-11(2-4-12)10-29-17(27-18(31)28(7-8-30)19(29)32)25-13-5-6-14-15(9-13)33-16(26-14)20(22,23)24/h1-6,9,30H,7-8,10H2,(H,25,27,31). The number of thiazole rings is 1. The lowest BCUT2D eigenvalue weighted by atomic mass is 10.2. The fourth-order valence-electron chi connectivity index (χ4n) is 3.08. The molecule has 2 aromatic heterocycles. The number of nitrogens with zero attached hydrogens (tertiary/aromatic N) is 4. The van der Waals surface area contributed by atoms with E-state index in [9.17, 15) is 27.9 Å². The highest BCUT2D eigenvalue weighted by atomic mass is 35.5. The molecular weight excluding hydrogens is 483 g/mol. The molecule has 0 unspecified atom stereocenters. The zero-order chi connectivity index (χ0) is 23.8. The highest BCUT2D eigenvalue weighted by Crippen LogP contribution is 2.36. The maximum Gasteiger partial charge on any atom is 0.443 e. The van der Waals surface area contributed by atoms with Crippen LogP contribution in [0.15, 0.2) is 52.1 Å². The summed E-state index contributed by atoms with van der Waals surface area (Å²) in [5, 5.41) is 11.6. The second-order valence-corrected chi connectivity index (χ2v) is 8.38. The minimum absolute atomic E-state index is 0.0259. The molecule has 0 radical (unpaired) electrons. The van der Waals surface area contributed by atoms with Gasteiger partial charge in [-0.1, -0.05) is 23.7 Å². The molecule has 0 saturated heterocycles. The van der Waals surface area contributed by atoms with E-state index in [2.05, 4.69) is 15.3 Å². The molecule has 4 rings (SSSR count). The van der Waals surface area contributed by atoms with E-state index in [0.717, 1.165) is 4.57 Å². The van der Waals surface area contributed by atoms with Crippen LogP contribution in [0, 0.1) is 0 Å². The SMILES string of the molecule is O=c1nc(Nc2ccc3nc(C(F)(F)F)sc3c2)n(Cc2ccc(Cl)cc2)c(=O)n1CCO. The molecule has 0 aliphatic heterocycles. The maximum absolute atomic E-state index is 13.0. The summed E-state index contributed by atoms with van der Waals surface area (Å²) in [7, 11) is 0. The van der Waals surface area contributed by atoms with Crippen molar-refractivity contribution in [1.29, 1.82) is 0 Å². The van der Waals surface area contributed by atoms with Gasteiger partial charge in [-0.3, -0.25) is 4.57 Å². The van der Waals surface area contributed by atoms with E-state index >= 15 is 0 Å². The van der Waals surface area contributed by atoms with E-state index in [1.165, 1.54) is 22.8 Å². The Morgan fingerprint density at radius 1 is 1.06 bits per heavy atom. The predicted octanol–water partition coefficient (Wildman–Crippen LogP) is 3.47. The van der Waals surface area contributed by atoms with Crippen molar-refractivity contribution < 1.29 is 18.3 Å². The molecule has 0 spiro atoms. The van der Waals surface area contributed by atoms with Gasteiger partial charge in [0.25, 0.3) is 0 Å². The highest BCUT2D eigenvalue weighted by Gasteiger charge is 2.34. The molecule has 172 valence electrons. The molecule has 0 atom stereocenters. The molecule has 0 amide bonds. The quantitative estimate of drug-likeness (QED) is 0.423. The van der Waals surface area contributed by atoms with Crippen LogP contribution in [-0.2, 0) is 19.3 Å². The van der Waals surface area contributed by atoms with Crippen molar-refractivity contribution in [2.24, 2.45) is 0 Å². The molecule has 13 heteroatoms. The summed E-state index contributed by atoms with van der Waals surface area (Å²) in [4.78, 5) is 32.8. The summed E-state index contributed by atoms with van der Waals surface area (Å²) < 4.78 is 41.2. The smallest absolute Gasteiger partial charge is 0.395 e. The van der Waals surface area contributed by atoms with E-state index in [1.54, 1.807) is 24.3 Å². The van der Waals surface area contributed by atoms with Gasteiger partial charge in [0, 0.05) is 10.7 Å². The molecule has 8 nitrogen and oxygen atoms in total. The van der Waals surface area contributed by atoms with Gasteiger partial charge in [0.05, 0.1) is 29.9 Å². The van der Waals surface area contributed by atoms with Crippen LogP contribution in [0.3, 0.4) is 0 Å². The van der Waals surface area contributed by atoms with Crippen molar-refractivity contribution in [1.82, 2.24) is 19.1 Å². The highest BCUT2D eigenvalue weighted by molar-refractivity contribution is 7.18. The van der Waals surface area contributed by atoms with Crippen molar-refractivity contribution in [2.45, 2.75) is 19.3 Å². The van der Waals surface area contributed by atoms with Gasteiger partial charge in [-0.2, -0.15) is 18.2 Å². The van der Waals surface area contributed by atoms with Gasteiger partial charge in [-0.25, -0.2) is 19.1 Å². The second kappa shape index (κ2) is 8.96. The molecule has 0 bridgehead atoms. The molecule has 0 fully saturated rings. The lowest BCUT2D eigenvalue weighted by Crippen LogP contribution is -2.43. The van der Waals surface area contributed by atoms with Crippen LogP contribution in [-0.4, -0.2) is 30.8 Å². The van der Waals surface area contributed by atoms with Gasteiger partial charge in [-0.05, 0) is 35.9 Å². The number of aromatic nitrogens is 4. The number of hydrogen-bond acceptors (Lipinski definition) is 7.